The fraction of sp³-hybridized carbons (Fsp3) is 0.600. The quantitative estimate of drug-likeness (QED) is 0.868. The minimum absolute atomic E-state index is 0. The molecule has 0 aromatic heterocycles. The SMILES string of the molecule is CC(=O)N[C@@H](C(=O)N1CC[C@H](c2ccc(Cl)cc2)C(C)(C)C1)C(C)C.O. The Labute approximate surface area is 161 Å². The fourth-order valence-electron chi connectivity index (χ4n) is 3.79. The lowest BCUT2D eigenvalue weighted by atomic mass is 9.70. The number of likely N-dealkylation sites (tertiary alicyclic amines) is 1. The van der Waals surface area contributed by atoms with Gasteiger partial charge in [0.15, 0.2) is 0 Å². The molecule has 2 rings (SSSR count). The molecule has 2 amide bonds. The van der Waals surface area contributed by atoms with Gasteiger partial charge in [-0.25, -0.2) is 0 Å². The first-order chi connectivity index (χ1) is 11.6. The third-order valence-electron chi connectivity index (χ3n) is 5.10. The first-order valence-corrected chi connectivity index (χ1v) is 9.31. The molecular formula is C20H31ClN2O3. The zero-order valence-corrected chi connectivity index (χ0v) is 17.1. The van der Waals surface area contributed by atoms with Crippen molar-refractivity contribution >= 4 is 23.4 Å². The Kier molecular flexibility index (Phi) is 7.66. The van der Waals surface area contributed by atoms with E-state index in [2.05, 4.69) is 31.3 Å². The first kappa shape index (κ1) is 22.5. The lowest BCUT2D eigenvalue weighted by Gasteiger charge is -2.45. The largest absolute Gasteiger partial charge is 0.412 e. The predicted molar refractivity (Wildman–Crippen MR) is 105 cm³/mol. The van der Waals surface area contributed by atoms with Crippen molar-refractivity contribution in [2.45, 2.75) is 53.0 Å². The van der Waals surface area contributed by atoms with E-state index in [9.17, 15) is 9.59 Å². The van der Waals surface area contributed by atoms with Crippen LogP contribution in [0.2, 0.25) is 5.02 Å². The van der Waals surface area contributed by atoms with Gasteiger partial charge in [-0.05, 0) is 41.4 Å². The Bertz CT molecular complexity index is 628. The lowest BCUT2D eigenvalue weighted by molar-refractivity contribution is -0.140. The molecule has 6 heteroatoms. The molecular weight excluding hydrogens is 352 g/mol. The van der Waals surface area contributed by atoms with Crippen molar-refractivity contribution in [3.63, 3.8) is 0 Å². The average molecular weight is 383 g/mol. The topological polar surface area (TPSA) is 80.9 Å². The summed E-state index contributed by atoms with van der Waals surface area (Å²) in [5.74, 6) is 0.302. The Morgan fingerprint density at radius 2 is 1.81 bits per heavy atom. The second-order valence-electron chi connectivity index (χ2n) is 8.06. The maximum atomic E-state index is 12.9. The summed E-state index contributed by atoms with van der Waals surface area (Å²) in [6.07, 6.45) is 0.908. The highest BCUT2D eigenvalue weighted by Gasteiger charge is 2.40. The summed E-state index contributed by atoms with van der Waals surface area (Å²) in [7, 11) is 0. The van der Waals surface area contributed by atoms with Crippen LogP contribution in [0.15, 0.2) is 24.3 Å². The number of carbonyl (C=O) groups is 2. The summed E-state index contributed by atoms with van der Waals surface area (Å²) in [4.78, 5) is 26.3. The van der Waals surface area contributed by atoms with Crippen molar-refractivity contribution in [2.75, 3.05) is 13.1 Å². The molecule has 1 aromatic rings. The fourth-order valence-corrected chi connectivity index (χ4v) is 3.91. The summed E-state index contributed by atoms with van der Waals surface area (Å²) < 4.78 is 0. The molecule has 5 nitrogen and oxygen atoms in total. The molecule has 0 bridgehead atoms. The van der Waals surface area contributed by atoms with E-state index in [0.29, 0.717) is 19.0 Å². The number of rotatable bonds is 4. The van der Waals surface area contributed by atoms with Crippen LogP contribution in [0.5, 0.6) is 0 Å². The number of hydrogen-bond acceptors (Lipinski definition) is 2. The molecule has 1 aromatic carbocycles. The molecule has 1 aliphatic heterocycles. The maximum absolute atomic E-state index is 12.9. The summed E-state index contributed by atoms with van der Waals surface area (Å²) in [6.45, 7) is 11.2. The molecule has 0 radical (unpaired) electrons. The van der Waals surface area contributed by atoms with E-state index >= 15 is 0 Å². The summed E-state index contributed by atoms with van der Waals surface area (Å²) in [5, 5.41) is 3.55. The van der Waals surface area contributed by atoms with E-state index < -0.39 is 6.04 Å². The number of benzene rings is 1. The molecule has 0 saturated carbocycles. The zero-order valence-electron chi connectivity index (χ0n) is 16.3. The molecule has 1 aliphatic rings. The highest BCUT2D eigenvalue weighted by Crippen LogP contribution is 2.42. The van der Waals surface area contributed by atoms with Gasteiger partial charge in [0, 0.05) is 25.0 Å². The normalized spacial score (nSPS) is 20.3. The molecule has 1 heterocycles. The highest BCUT2D eigenvalue weighted by atomic mass is 35.5. The lowest BCUT2D eigenvalue weighted by Crippen LogP contribution is -2.55. The molecule has 0 spiro atoms. The van der Waals surface area contributed by atoms with Gasteiger partial charge in [-0.2, -0.15) is 0 Å². The van der Waals surface area contributed by atoms with Crippen LogP contribution < -0.4 is 5.32 Å². The van der Waals surface area contributed by atoms with Crippen LogP contribution in [-0.2, 0) is 9.59 Å². The number of piperidine rings is 1. The third kappa shape index (κ3) is 5.21. The number of nitrogens with one attached hydrogen (secondary N) is 1. The van der Waals surface area contributed by atoms with E-state index in [1.165, 1.54) is 12.5 Å². The van der Waals surface area contributed by atoms with Crippen LogP contribution in [-0.4, -0.2) is 41.3 Å². The Balaban J connectivity index is 0.00000338. The van der Waals surface area contributed by atoms with Crippen LogP contribution in [0, 0.1) is 11.3 Å². The highest BCUT2D eigenvalue weighted by molar-refractivity contribution is 6.30. The third-order valence-corrected chi connectivity index (χ3v) is 5.36. The Morgan fingerprint density at radius 1 is 1.23 bits per heavy atom. The molecule has 26 heavy (non-hydrogen) atoms. The van der Waals surface area contributed by atoms with Crippen molar-refractivity contribution in [1.29, 1.82) is 0 Å². The van der Waals surface area contributed by atoms with Crippen LogP contribution in [0.4, 0.5) is 0 Å². The van der Waals surface area contributed by atoms with E-state index in [1.807, 2.05) is 30.9 Å². The summed E-state index contributed by atoms with van der Waals surface area (Å²) in [6, 6.07) is 7.56. The molecule has 146 valence electrons. The van der Waals surface area contributed by atoms with Crippen molar-refractivity contribution in [1.82, 2.24) is 10.2 Å². The van der Waals surface area contributed by atoms with Crippen molar-refractivity contribution < 1.29 is 15.1 Å². The van der Waals surface area contributed by atoms with E-state index in [-0.39, 0.29) is 28.6 Å². The van der Waals surface area contributed by atoms with Crippen LogP contribution in [0.1, 0.15) is 52.5 Å². The van der Waals surface area contributed by atoms with Gasteiger partial charge in [0.25, 0.3) is 0 Å². The minimum Gasteiger partial charge on any atom is -0.412 e. The second-order valence-corrected chi connectivity index (χ2v) is 8.50. The van der Waals surface area contributed by atoms with Gasteiger partial charge in [0.05, 0.1) is 0 Å². The molecule has 1 saturated heterocycles. The van der Waals surface area contributed by atoms with Gasteiger partial charge >= 0.3 is 0 Å². The standard InChI is InChI=1S/C20H29ClN2O2.H2O/c1-13(2)18(22-14(3)24)19(25)23-11-10-17(20(4,5)12-23)15-6-8-16(21)9-7-15;/h6-9,13,17-18H,10-12H2,1-5H3,(H,22,24);1H2/t17-,18-;/m1./s1. The first-order valence-electron chi connectivity index (χ1n) is 8.93. The van der Waals surface area contributed by atoms with Gasteiger partial charge in [-0.3, -0.25) is 9.59 Å². The number of hydrogen-bond donors (Lipinski definition) is 1. The Morgan fingerprint density at radius 3 is 2.27 bits per heavy atom. The van der Waals surface area contributed by atoms with Gasteiger partial charge < -0.3 is 15.7 Å². The van der Waals surface area contributed by atoms with E-state index in [1.54, 1.807) is 0 Å². The molecule has 0 unspecified atom stereocenters. The summed E-state index contributed by atoms with van der Waals surface area (Å²) >= 11 is 6.00. The zero-order chi connectivity index (χ0) is 18.8. The van der Waals surface area contributed by atoms with Crippen LogP contribution in [0.25, 0.3) is 0 Å². The molecule has 1 fully saturated rings. The molecule has 3 N–H and O–H groups in total. The predicted octanol–water partition coefficient (Wildman–Crippen LogP) is 3.02. The van der Waals surface area contributed by atoms with Crippen LogP contribution >= 0.6 is 11.6 Å². The van der Waals surface area contributed by atoms with Crippen molar-refractivity contribution in [2.24, 2.45) is 11.3 Å². The number of carbonyl (C=O) groups excluding carboxylic acids is 2. The maximum Gasteiger partial charge on any atom is 0.245 e. The number of nitrogens with zero attached hydrogens (tertiary/aromatic N) is 1. The van der Waals surface area contributed by atoms with Gasteiger partial charge in [-0.1, -0.05) is 51.4 Å². The van der Waals surface area contributed by atoms with Crippen molar-refractivity contribution in [3.8, 4) is 0 Å². The summed E-state index contributed by atoms with van der Waals surface area (Å²) in [5.41, 5.74) is 1.23. The monoisotopic (exact) mass is 382 g/mol. The minimum atomic E-state index is -0.458. The van der Waals surface area contributed by atoms with Crippen molar-refractivity contribution in [3.05, 3.63) is 34.9 Å². The van der Waals surface area contributed by atoms with Gasteiger partial charge in [-0.15, -0.1) is 0 Å². The Hall–Kier alpha value is -1.59. The smallest absolute Gasteiger partial charge is 0.245 e. The average Bonchev–Trinajstić information content (AvgIpc) is 2.51. The second kappa shape index (κ2) is 8.87. The van der Waals surface area contributed by atoms with E-state index in [0.717, 1.165) is 11.4 Å². The number of amides is 2. The molecule has 0 aliphatic carbocycles. The van der Waals surface area contributed by atoms with Gasteiger partial charge in [0.2, 0.25) is 11.8 Å². The van der Waals surface area contributed by atoms with E-state index in [4.69, 9.17) is 11.6 Å². The number of halogens is 1. The molecule has 2 atom stereocenters. The van der Waals surface area contributed by atoms with Crippen LogP contribution in [0.3, 0.4) is 0 Å². The van der Waals surface area contributed by atoms with Gasteiger partial charge in [0.1, 0.15) is 6.04 Å².